The first-order valence-electron chi connectivity index (χ1n) is 6.20. The lowest BCUT2D eigenvalue weighted by Gasteiger charge is -2.27. The average Bonchev–Trinajstić information content (AvgIpc) is 2.40. The quantitative estimate of drug-likeness (QED) is 0.815. The van der Waals surface area contributed by atoms with Crippen LogP contribution in [-0.2, 0) is 9.53 Å². The second kappa shape index (κ2) is 7.09. The molecule has 0 heterocycles. The van der Waals surface area contributed by atoms with Crippen LogP contribution in [0.3, 0.4) is 0 Å². The normalized spacial score (nSPS) is 13.4. The number of benzene rings is 1. The summed E-state index contributed by atoms with van der Waals surface area (Å²) < 4.78 is 5.39. The Balaban J connectivity index is 3.03. The van der Waals surface area contributed by atoms with Gasteiger partial charge in [-0.2, -0.15) is 0 Å². The molecule has 0 radical (unpaired) electrons. The van der Waals surface area contributed by atoms with Crippen molar-refractivity contribution in [3.05, 3.63) is 33.3 Å². The molecule has 0 spiro atoms. The van der Waals surface area contributed by atoms with Crippen LogP contribution in [-0.4, -0.2) is 24.5 Å². The Morgan fingerprint density at radius 2 is 2.10 bits per heavy atom. The molecule has 0 aliphatic heterocycles. The van der Waals surface area contributed by atoms with E-state index in [1.54, 1.807) is 25.1 Å². The maximum Gasteiger partial charge on any atom is 0.331 e. The van der Waals surface area contributed by atoms with E-state index in [0.29, 0.717) is 21.5 Å². The number of halogens is 2. The molecule has 0 aliphatic carbocycles. The molecular weight excluding hydrogens is 346 g/mol. The predicted molar refractivity (Wildman–Crippen MR) is 81.9 cm³/mol. The monoisotopic (exact) mass is 361 g/mol. The number of nitrogens with one attached hydrogen (secondary N) is 1. The smallest absolute Gasteiger partial charge is 0.331 e. The fraction of sp³-hybridized carbons (Fsp3) is 0.429. The molecule has 1 unspecified atom stereocenters. The topological polar surface area (TPSA) is 55.4 Å². The van der Waals surface area contributed by atoms with Crippen LogP contribution in [0.2, 0.25) is 5.02 Å². The van der Waals surface area contributed by atoms with Gasteiger partial charge in [0.1, 0.15) is 5.54 Å². The van der Waals surface area contributed by atoms with E-state index in [-0.39, 0.29) is 0 Å². The molecule has 0 bridgehead atoms. The minimum absolute atomic E-state index is 0.312. The molecule has 1 aromatic rings. The summed E-state index contributed by atoms with van der Waals surface area (Å²) in [5, 5.41) is 3.02. The Bertz CT molecular complexity index is 521. The van der Waals surface area contributed by atoms with Crippen molar-refractivity contribution in [2.45, 2.75) is 32.2 Å². The van der Waals surface area contributed by atoms with Gasteiger partial charge in [-0.3, -0.25) is 4.79 Å². The van der Waals surface area contributed by atoms with Crippen molar-refractivity contribution in [1.29, 1.82) is 0 Å². The maximum atomic E-state index is 12.3. The van der Waals surface area contributed by atoms with Crippen molar-refractivity contribution in [2.75, 3.05) is 7.11 Å². The molecule has 1 rings (SSSR count). The zero-order valence-corrected chi connectivity index (χ0v) is 14.0. The zero-order valence-electron chi connectivity index (χ0n) is 11.6. The van der Waals surface area contributed by atoms with Gasteiger partial charge >= 0.3 is 5.97 Å². The van der Waals surface area contributed by atoms with E-state index in [0.717, 1.165) is 6.42 Å². The molecule has 20 heavy (non-hydrogen) atoms. The van der Waals surface area contributed by atoms with Crippen LogP contribution in [0.1, 0.15) is 37.0 Å². The highest BCUT2D eigenvalue weighted by Gasteiger charge is 2.35. The van der Waals surface area contributed by atoms with Crippen LogP contribution in [0.15, 0.2) is 22.7 Å². The average molecular weight is 363 g/mol. The van der Waals surface area contributed by atoms with Gasteiger partial charge in [0.2, 0.25) is 0 Å². The molecule has 1 aromatic carbocycles. The minimum Gasteiger partial charge on any atom is -0.467 e. The summed E-state index contributed by atoms with van der Waals surface area (Å²) in [4.78, 5) is 24.2. The first-order chi connectivity index (χ1) is 9.35. The van der Waals surface area contributed by atoms with Crippen LogP contribution < -0.4 is 5.32 Å². The molecule has 110 valence electrons. The number of ether oxygens (including phenoxy) is 1. The van der Waals surface area contributed by atoms with Crippen molar-refractivity contribution in [3.63, 3.8) is 0 Å². The van der Waals surface area contributed by atoms with E-state index in [4.69, 9.17) is 16.3 Å². The van der Waals surface area contributed by atoms with E-state index in [1.165, 1.54) is 7.11 Å². The molecule has 1 N–H and O–H groups in total. The van der Waals surface area contributed by atoms with Gasteiger partial charge in [0, 0.05) is 4.47 Å². The minimum atomic E-state index is -1.06. The third-order valence-electron chi connectivity index (χ3n) is 2.97. The highest BCUT2D eigenvalue weighted by atomic mass is 79.9. The third kappa shape index (κ3) is 3.73. The lowest BCUT2D eigenvalue weighted by molar-refractivity contribution is -0.147. The second-order valence-electron chi connectivity index (χ2n) is 4.63. The third-order valence-corrected chi connectivity index (χ3v) is 4.27. The van der Waals surface area contributed by atoms with Crippen LogP contribution >= 0.6 is 27.5 Å². The summed E-state index contributed by atoms with van der Waals surface area (Å²) in [5.74, 6) is -0.878. The number of carbonyl (C=O) groups excluding carboxylic acids is 2. The SMILES string of the molecule is CCCC(C)(NC(=O)c1cccc(Br)c1Cl)C(=O)OC. The van der Waals surface area contributed by atoms with Gasteiger partial charge in [0.05, 0.1) is 17.7 Å². The summed E-state index contributed by atoms with van der Waals surface area (Å²) in [7, 11) is 1.30. The van der Waals surface area contributed by atoms with E-state index in [1.807, 2.05) is 6.92 Å². The van der Waals surface area contributed by atoms with Gasteiger partial charge in [-0.1, -0.05) is 31.0 Å². The summed E-state index contributed by atoms with van der Waals surface area (Å²) in [6.07, 6.45) is 1.22. The van der Waals surface area contributed by atoms with Gasteiger partial charge in [-0.15, -0.1) is 0 Å². The standard InChI is InChI=1S/C14H17BrClNO3/c1-4-8-14(2,13(19)20-3)17-12(18)9-6-5-7-10(15)11(9)16/h5-7H,4,8H2,1-3H3,(H,17,18). The van der Waals surface area contributed by atoms with Gasteiger partial charge < -0.3 is 10.1 Å². The molecule has 0 aliphatic rings. The highest BCUT2D eigenvalue weighted by Crippen LogP contribution is 2.26. The van der Waals surface area contributed by atoms with Crippen LogP contribution in [0, 0.1) is 0 Å². The number of rotatable bonds is 5. The Kier molecular flexibility index (Phi) is 6.02. The number of hydrogen-bond donors (Lipinski definition) is 1. The van der Waals surface area contributed by atoms with E-state index in [9.17, 15) is 9.59 Å². The first-order valence-corrected chi connectivity index (χ1v) is 7.37. The lowest BCUT2D eigenvalue weighted by atomic mass is 9.95. The Morgan fingerprint density at radius 1 is 1.45 bits per heavy atom. The fourth-order valence-corrected chi connectivity index (χ4v) is 2.52. The van der Waals surface area contributed by atoms with Gasteiger partial charge in [-0.05, 0) is 41.4 Å². The Labute approximate surface area is 132 Å². The van der Waals surface area contributed by atoms with Crippen molar-refractivity contribution in [2.24, 2.45) is 0 Å². The summed E-state index contributed by atoms with van der Waals surface area (Å²) in [5.41, 5.74) is -0.751. The van der Waals surface area contributed by atoms with Crippen molar-refractivity contribution in [3.8, 4) is 0 Å². The number of hydrogen-bond acceptors (Lipinski definition) is 3. The van der Waals surface area contributed by atoms with E-state index in [2.05, 4.69) is 21.2 Å². The molecule has 0 fully saturated rings. The summed E-state index contributed by atoms with van der Waals surface area (Å²) in [6.45, 7) is 3.57. The molecule has 0 aromatic heterocycles. The summed E-state index contributed by atoms with van der Waals surface area (Å²) in [6, 6.07) is 5.05. The zero-order chi connectivity index (χ0) is 15.3. The van der Waals surface area contributed by atoms with Gasteiger partial charge in [0.15, 0.2) is 0 Å². The lowest BCUT2D eigenvalue weighted by Crippen LogP contribution is -2.52. The largest absolute Gasteiger partial charge is 0.467 e. The summed E-state index contributed by atoms with van der Waals surface area (Å²) >= 11 is 9.35. The van der Waals surface area contributed by atoms with Gasteiger partial charge in [0.25, 0.3) is 5.91 Å². The van der Waals surface area contributed by atoms with Crippen LogP contribution in [0.4, 0.5) is 0 Å². The molecular formula is C14H17BrClNO3. The van der Waals surface area contributed by atoms with E-state index < -0.39 is 17.4 Å². The van der Waals surface area contributed by atoms with Crippen LogP contribution in [0.25, 0.3) is 0 Å². The van der Waals surface area contributed by atoms with Crippen molar-refractivity contribution in [1.82, 2.24) is 5.32 Å². The molecule has 0 saturated carbocycles. The Morgan fingerprint density at radius 3 is 2.65 bits per heavy atom. The number of carbonyl (C=O) groups is 2. The molecule has 4 nitrogen and oxygen atoms in total. The fourth-order valence-electron chi connectivity index (χ4n) is 1.94. The Hall–Kier alpha value is -1.07. The van der Waals surface area contributed by atoms with E-state index >= 15 is 0 Å². The molecule has 1 amide bonds. The highest BCUT2D eigenvalue weighted by molar-refractivity contribution is 9.10. The molecule has 1 atom stereocenters. The predicted octanol–water partition coefficient (Wildman–Crippen LogP) is 3.56. The number of methoxy groups -OCH3 is 1. The van der Waals surface area contributed by atoms with Crippen LogP contribution in [0.5, 0.6) is 0 Å². The number of amides is 1. The van der Waals surface area contributed by atoms with Crippen molar-refractivity contribution >= 4 is 39.4 Å². The maximum absolute atomic E-state index is 12.3. The molecule has 6 heteroatoms. The molecule has 0 saturated heterocycles. The first kappa shape index (κ1) is 17.0. The number of esters is 1. The van der Waals surface area contributed by atoms with Crippen molar-refractivity contribution < 1.29 is 14.3 Å². The second-order valence-corrected chi connectivity index (χ2v) is 5.86. The van der Waals surface area contributed by atoms with Gasteiger partial charge in [-0.25, -0.2) is 4.79 Å².